The summed E-state index contributed by atoms with van der Waals surface area (Å²) in [5.41, 5.74) is 2.77. The number of amides is 2. The Kier molecular flexibility index (Phi) is 5.12. The summed E-state index contributed by atoms with van der Waals surface area (Å²) < 4.78 is 0. The van der Waals surface area contributed by atoms with Crippen LogP contribution >= 0.6 is 0 Å². The number of H-pyrrole nitrogens is 1. The molecule has 0 radical (unpaired) electrons. The Morgan fingerprint density at radius 2 is 1.81 bits per heavy atom. The molecule has 1 aromatic carbocycles. The van der Waals surface area contributed by atoms with Gasteiger partial charge in [0.25, 0.3) is 5.91 Å². The summed E-state index contributed by atoms with van der Waals surface area (Å²) >= 11 is 0. The zero-order valence-corrected chi connectivity index (χ0v) is 19.3. The molecule has 0 spiro atoms. The SMILES string of the molecule is CN1CCC(C(=O)N2Cc3c(C4(NC(=O)c5ccccc5)CCC4)n[nH]c3C2(C)C)CC1. The number of nitrogens with zero attached hydrogens (tertiary/aromatic N) is 3. The molecule has 2 N–H and O–H groups in total. The summed E-state index contributed by atoms with van der Waals surface area (Å²) in [4.78, 5) is 30.8. The summed E-state index contributed by atoms with van der Waals surface area (Å²) in [6, 6.07) is 9.34. The predicted octanol–water partition coefficient (Wildman–Crippen LogP) is 3.14. The van der Waals surface area contributed by atoms with Crippen molar-refractivity contribution in [3.63, 3.8) is 0 Å². The number of aromatic nitrogens is 2. The zero-order chi connectivity index (χ0) is 22.5. The molecule has 32 heavy (non-hydrogen) atoms. The molecule has 3 heterocycles. The third-order valence-corrected chi connectivity index (χ3v) is 7.85. The first-order valence-electron chi connectivity index (χ1n) is 11.8. The second-order valence-electron chi connectivity index (χ2n) is 10.2. The van der Waals surface area contributed by atoms with Crippen LogP contribution in [0.25, 0.3) is 0 Å². The second-order valence-corrected chi connectivity index (χ2v) is 10.2. The Morgan fingerprint density at radius 3 is 2.44 bits per heavy atom. The molecule has 2 fully saturated rings. The lowest BCUT2D eigenvalue weighted by molar-refractivity contribution is -0.142. The van der Waals surface area contributed by atoms with Gasteiger partial charge >= 0.3 is 0 Å². The summed E-state index contributed by atoms with van der Waals surface area (Å²) in [7, 11) is 2.12. The molecular formula is C25H33N5O2. The first-order chi connectivity index (χ1) is 15.3. The highest BCUT2D eigenvalue weighted by atomic mass is 16.2. The van der Waals surface area contributed by atoms with Crippen LogP contribution in [0.1, 0.15) is 73.3 Å². The Bertz CT molecular complexity index is 1020. The number of rotatable bonds is 4. The van der Waals surface area contributed by atoms with Gasteiger partial charge in [-0.15, -0.1) is 0 Å². The molecule has 1 saturated carbocycles. The van der Waals surface area contributed by atoms with E-state index in [1.54, 1.807) is 0 Å². The number of hydrogen-bond donors (Lipinski definition) is 2. The van der Waals surface area contributed by atoms with Crippen molar-refractivity contribution >= 4 is 11.8 Å². The minimum atomic E-state index is -0.459. The van der Waals surface area contributed by atoms with Crippen molar-refractivity contribution < 1.29 is 9.59 Å². The monoisotopic (exact) mass is 435 g/mol. The lowest BCUT2D eigenvalue weighted by Crippen LogP contribution is -2.51. The largest absolute Gasteiger partial charge is 0.341 e. The van der Waals surface area contributed by atoms with Crippen molar-refractivity contribution in [2.24, 2.45) is 5.92 Å². The summed E-state index contributed by atoms with van der Waals surface area (Å²) in [5, 5.41) is 11.2. The van der Waals surface area contributed by atoms with Crippen molar-refractivity contribution in [2.45, 2.75) is 63.6 Å². The van der Waals surface area contributed by atoms with Gasteiger partial charge in [0.15, 0.2) is 0 Å². The van der Waals surface area contributed by atoms with Crippen LogP contribution in [0, 0.1) is 5.92 Å². The Hall–Kier alpha value is -2.67. The van der Waals surface area contributed by atoms with E-state index in [4.69, 9.17) is 5.10 Å². The number of carbonyl (C=O) groups excluding carboxylic acids is 2. The van der Waals surface area contributed by atoms with Gasteiger partial charge in [-0.25, -0.2) is 0 Å². The van der Waals surface area contributed by atoms with Gasteiger partial charge in [-0.05, 0) is 78.2 Å². The molecular weight excluding hydrogens is 402 g/mol. The summed E-state index contributed by atoms with van der Waals surface area (Å²) in [5.74, 6) is 0.259. The van der Waals surface area contributed by atoms with Crippen molar-refractivity contribution in [2.75, 3.05) is 20.1 Å². The molecule has 0 unspecified atom stereocenters. The molecule has 170 valence electrons. The minimum Gasteiger partial charge on any atom is -0.341 e. The maximum atomic E-state index is 13.5. The lowest BCUT2D eigenvalue weighted by Gasteiger charge is -2.42. The maximum absolute atomic E-state index is 13.5. The number of nitrogens with one attached hydrogen (secondary N) is 2. The standard InChI is InChI=1S/C25H33N5O2/c1-24(2)20-19(16-30(24)23(32)18-10-14-29(3)15-11-18)21(28-27-20)25(12-7-13-25)26-22(31)17-8-5-4-6-9-17/h4-6,8-9,18H,7,10-16H2,1-3H3,(H,26,31)(H,27,28). The first kappa shape index (κ1) is 21.2. The van der Waals surface area contributed by atoms with Gasteiger partial charge in [-0.1, -0.05) is 18.2 Å². The van der Waals surface area contributed by atoms with E-state index in [1.807, 2.05) is 35.2 Å². The fourth-order valence-electron chi connectivity index (χ4n) is 5.57. The van der Waals surface area contributed by atoms with Gasteiger partial charge in [0.2, 0.25) is 5.91 Å². The van der Waals surface area contributed by atoms with E-state index in [1.165, 1.54) is 0 Å². The van der Waals surface area contributed by atoms with E-state index in [9.17, 15) is 9.59 Å². The number of benzene rings is 1. The molecule has 1 saturated heterocycles. The molecule has 7 heteroatoms. The fourth-order valence-corrected chi connectivity index (χ4v) is 5.57. The number of likely N-dealkylation sites (tertiary alicyclic amines) is 1. The predicted molar refractivity (Wildman–Crippen MR) is 122 cm³/mol. The van der Waals surface area contributed by atoms with E-state index >= 15 is 0 Å². The molecule has 3 aliphatic rings. The topological polar surface area (TPSA) is 81.3 Å². The molecule has 1 aliphatic carbocycles. The third kappa shape index (κ3) is 3.34. The average Bonchev–Trinajstić information content (AvgIpc) is 3.30. The van der Waals surface area contributed by atoms with Gasteiger partial charge in [0.1, 0.15) is 0 Å². The lowest BCUT2D eigenvalue weighted by atomic mass is 9.72. The molecule has 5 rings (SSSR count). The first-order valence-corrected chi connectivity index (χ1v) is 11.8. The number of fused-ring (bicyclic) bond motifs is 1. The number of carbonyl (C=O) groups is 2. The van der Waals surface area contributed by atoms with Crippen LogP contribution in [-0.2, 0) is 22.4 Å². The van der Waals surface area contributed by atoms with E-state index < -0.39 is 11.1 Å². The molecule has 1 aromatic heterocycles. The molecule has 0 atom stereocenters. The Balaban J connectivity index is 1.40. The van der Waals surface area contributed by atoms with Crippen LogP contribution in [0.2, 0.25) is 0 Å². The van der Waals surface area contributed by atoms with Crippen molar-refractivity contribution in [1.29, 1.82) is 0 Å². The van der Waals surface area contributed by atoms with Crippen molar-refractivity contribution in [1.82, 2.24) is 25.3 Å². The third-order valence-electron chi connectivity index (χ3n) is 7.85. The summed E-state index contributed by atoms with van der Waals surface area (Å²) in [6.07, 6.45) is 4.62. The van der Waals surface area contributed by atoms with Gasteiger partial charge < -0.3 is 15.1 Å². The van der Waals surface area contributed by atoms with Gasteiger partial charge in [-0.2, -0.15) is 5.10 Å². The smallest absolute Gasteiger partial charge is 0.252 e. The van der Waals surface area contributed by atoms with E-state index in [2.05, 4.69) is 36.2 Å². The quantitative estimate of drug-likeness (QED) is 0.773. The fraction of sp³-hybridized carbons (Fsp3) is 0.560. The highest BCUT2D eigenvalue weighted by Crippen LogP contribution is 2.48. The van der Waals surface area contributed by atoms with E-state index in [-0.39, 0.29) is 17.7 Å². The van der Waals surface area contributed by atoms with Crippen molar-refractivity contribution in [3.8, 4) is 0 Å². The van der Waals surface area contributed by atoms with Crippen LogP contribution in [0.4, 0.5) is 0 Å². The van der Waals surface area contributed by atoms with Crippen LogP contribution in [-0.4, -0.2) is 51.9 Å². The van der Waals surface area contributed by atoms with Crippen molar-refractivity contribution in [3.05, 3.63) is 52.8 Å². The van der Waals surface area contributed by atoms with E-state index in [0.717, 1.165) is 62.1 Å². The average molecular weight is 436 g/mol. The van der Waals surface area contributed by atoms with Crippen LogP contribution in [0.3, 0.4) is 0 Å². The molecule has 2 aliphatic heterocycles. The Morgan fingerprint density at radius 1 is 1.12 bits per heavy atom. The molecule has 7 nitrogen and oxygen atoms in total. The van der Waals surface area contributed by atoms with E-state index in [0.29, 0.717) is 12.1 Å². The number of hydrogen-bond acceptors (Lipinski definition) is 4. The van der Waals surface area contributed by atoms with Gasteiger partial charge in [0, 0.05) is 17.0 Å². The van der Waals surface area contributed by atoms with Crippen LogP contribution < -0.4 is 5.32 Å². The molecule has 0 bridgehead atoms. The number of piperidine rings is 1. The minimum absolute atomic E-state index is 0.0708. The highest BCUT2D eigenvalue weighted by Gasteiger charge is 2.50. The second kappa shape index (κ2) is 7.73. The van der Waals surface area contributed by atoms with Gasteiger partial charge in [-0.3, -0.25) is 14.7 Å². The normalized spacial score (nSPS) is 22.3. The Labute approximate surface area is 189 Å². The zero-order valence-electron chi connectivity index (χ0n) is 19.3. The summed E-state index contributed by atoms with van der Waals surface area (Å²) in [6.45, 7) is 6.70. The highest BCUT2D eigenvalue weighted by molar-refractivity contribution is 5.94. The molecule has 2 amide bonds. The maximum Gasteiger partial charge on any atom is 0.252 e. The van der Waals surface area contributed by atoms with Crippen LogP contribution in [0.15, 0.2) is 30.3 Å². The van der Waals surface area contributed by atoms with Gasteiger partial charge in [0.05, 0.1) is 29.0 Å². The van der Waals surface area contributed by atoms with Crippen LogP contribution in [0.5, 0.6) is 0 Å². The molecule has 2 aromatic rings. The number of aromatic amines is 1.